The summed E-state index contributed by atoms with van der Waals surface area (Å²) < 4.78 is 0. The summed E-state index contributed by atoms with van der Waals surface area (Å²) in [5.74, 6) is -0.0163. The second-order valence-corrected chi connectivity index (χ2v) is 5.66. The second-order valence-electron chi connectivity index (χ2n) is 5.66. The molecule has 0 aliphatic carbocycles. The standard InChI is InChI=1S/C19H15N3O2/c1-11-18(16-9-6-12-4-2-3-5-15(12)20-16)19(22-21-11)14-8-7-13(23)10-17(14)24/h2-10,23-24H,1H3,(H,21,22). The van der Waals surface area contributed by atoms with Crippen molar-refractivity contribution in [2.24, 2.45) is 0 Å². The van der Waals surface area contributed by atoms with E-state index in [0.717, 1.165) is 27.9 Å². The molecular formula is C19H15N3O2. The Morgan fingerprint density at radius 2 is 1.79 bits per heavy atom. The number of aromatic nitrogens is 3. The van der Waals surface area contributed by atoms with E-state index in [1.807, 2.05) is 43.3 Å². The third kappa shape index (κ3) is 2.27. The molecule has 0 bridgehead atoms. The monoisotopic (exact) mass is 317 g/mol. The lowest BCUT2D eigenvalue weighted by atomic mass is 10.0. The molecule has 118 valence electrons. The van der Waals surface area contributed by atoms with Gasteiger partial charge in [0.2, 0.25) is 0 Å². The number of benzene rings is 2. The third-order valence-corrected chi connectivity index (χ3v) is 4.04. The maximum Gasteiger partial charge on any atom is 0.128 e. The zero-order valence-corrected chi connectivity index (χ0v) is 13.0. The zero-order chi connectivity index (χ0) is 16.7. The number of fused-ring (bicyclic) bond motifs is 1. The van der Waals surface area contributed by atoms with E-state index < -0.39 is 0 Å². The van der Waals surface area contributed by atoms with E-state index in [1.54, 1.807) is 6.07 Å². The van der Waals surface area contributed by atoms with E-state index >= 15 is 0 Å². The van der Waals surface area contributed by atoms with Crippen LogP contribution in [-0.4, -0.2) is 25.4 Å². The lowest BCUT2D eigenvalue weighted by molar-refractivity contribution is 0.452. The molecule has 5 heteroatoms. The Kier molecular flexibility index (Phi) is 3.20. The quantitative estimate of drug-likeness (QED) is 0.521. The molecule has 0 spiro atoms. The van der Waals surface area contributed by atoms with Gasteiger partial charge in [0.1, 0.15) is 17.2 Å². The summed E-state index contributed by atoms with van der Waals surface area (Å²) in [7, 11) is 0. The molecule has 0 saturated carbocycles. The van der Waals surface area contributed by atoms with Gasteiger partial charge in [-0.2, -0.15) is 5.10 Å². The number of hydrogen-bond acceptors (Lipinski definition) is 4. The number of aromatic hydroxyl groups is 2. The van der Waals surface area contributed by atoms with Gasteiger partial charge in [0.15, 0.2) is 0 Å². The summed E-state index contributed by atoms with van der Waals surface area (Å²) in [6.07, 6.45) is 0. The SMILES string of the molecule is Cc1[nH]nc(-c2ccc(O)cc2O)c1-c1ccc2ccccc2n1. The number of phenols is 2. The number of nitrogens with one attached hydrogen (secondary N) is 1. The number of pyridine rings is 1. The van der Waals surface area contributed by atoms with Crippen LogP contribution in [0.2, 0.25) is 0 Å². The van der Waals surface area contributed by atoms with Crippen LogP contribution in [0.1, 0.15) is 5.69 Å². The van der Waals surface area contributed by atoms with E-state index in [1.165, 1.54) is 12.1 Å². The normalized spacial score (nSPS) is 11.0. The van der Waals surface area contributed by atoms with Gasteiger partial charge in [0.25, 0.3) is 0 Å². The molecule has 0 radical (unpaired) electrons. The van der Waals surface area contributed by atoms with Crippen LogP contribution in [0, 0.1) is 6.92 Å². The Hall–Kier alpha value is -3.34. The average Bonchev–Trinajstić information content (AvgIpc) is 2.96. The van der Waals surface area contributed by atoms with Gasteiger partial charge in [-0.1, -0.05) is 24.3 Å². The van der Waals surface area contributed by atoms with Crippen molar-refractivity contribution in [1.29, 1.82) is 0 Å². The van der Waals surface area contributed by atoms with Crippen molar-refractivity contribution in [2.75, 3.05) is 0 Å². The highest BCUT2D eigenvalue weighted by Gasteiger charge is 2.18. The summed E-state index contributed by atoms with van der Waals surface area (Å²) in [4.78, 5) is 4.72. The molecule has 4 rings (SSSR count). The van der Waals surface area contributed by atoms with Crippen molar-refractivity contribution in [3.8, 4) is 34.0 Å². The number of aromatic amines is 1. The minimum Gasteiger partial charge on any atom is -0.508 e. The Bertz CT molecular complexity index is 1050. The van der Waals surface area contributed by atoms with E-state index in [4.69, 9.17) is 4.98 Å². The summed E-state index contributed by atoms with van der Waals surface area (Å²) >= 11 is 0. The van der Waals surface area contributed by atoms with Gasteiger partial charge in [-0.15, -0.1) is 0 Å². The van der Waals surface area contributed by atoms with Crippen molar-refractivity contribution < 1.29 is 10.2 Å². The highest BCUT2D eigenvalue weighted by molar-refractivity contribution is 5.87. The second kappa shape index (κ2) is 5.38. The highest BCUT2D eigenvalue weighted by atomic mass is 16.3. The van der Waals surface area contributed by atoms with Crippen LogP contribution in [0.15, 0.2) is 54.6 Å². The van der Waals surface area contributed by atoms with Crippen molar-refractivity contribution >= 4 is 10.9 Å². The predicted molar refractivity (Wildman–Crippen MR) is 92.8 cm³/mol. The van der Waals surface area contributed by atoms with E-state index in [2.05, 4.69) is 10.2 Å². The molecule has 0 unspecified atom stereocenters. The van der Waals surface area contributed by atoms with Crippen LogP contribution in [0.4, 0.5) is 0 Å². The first kappa shape index (κ1) is 14.3. The zero-order valence-electron chi connectivity index (χ0n) is 13.0. The van der Waals surface area contributed by atoms with Gasteiger partial charge in [0, 0.05) is 28.3 Å². The lowest BCUT2D eigenvalue weighted by Gasteiger charge is -2.07. The van der Waals surface area contributed by atoms with Crippen molar-refractivity contribution in [1.82, 2.24) is 15.2 Å². The van der Waals surface area contributed by atoms with Crippen LogP contribution < -0.4 is 0 Å². The maximum atomic E-state index is 10.2. The molecule has 0 aliphatic heterocycles. The number of para-hydroxylation sites is 1. The van der Waals surface area contributed by atoms with Gasteiger partial charge < -0.3 is 10.2 Å². The maximum absolute atomic E-state index is 10.2. The minimum absolute atomic E-state index is 0.00823. The third-order valence-electron chi connectivity index (χ3n) is 4.04. The average molecular weight is 317 g/mol. The topological polar surface area (TPSA) is 82.0 Å². The fourth-order valence-electron chi connectivity index (χ4n) is 2.86. The van der Waals surface area contributed by atoms with Crippen molar-refractivity contribution in [3.05, 3.63) is 60.3 Å². The van der Waals surface area contributed by atoms with Crippen LogP contribution in [0.5, 0.6) is 11.5 Å². The van der Waals surface area contributed by atoms with Crippen molar-refractivity contribution in [3.63, 3.8) is 0 Å². The molecule has 24 heavy (non-hydrogen) atoms. The molecule has 2 heterocycles. The lowest BCUT2D eigenvalue weighted by Crippen LogP contribution is -1.89. The van der Waals surface area contributed by atoms with Crippen molar-refractivity contribution in [2.45, 2.75) is 6.92 Å². The summed E-state index contributed by atoms with van der Waals surface area (Å²) in [6.45, 7) is 1.92. The summed E-state index contributed by atoms with van der Waals surface area (Å²) in [6, 6.07) is 16.3. The van der Waals surface area contributed by atoms with E-state index in [9.17, 15) is 10.2 Å². The Labute approximate surface area is 138 Å². The van der Waals surface area contributed by atoms with Gasteiger partial charge in [-0.05, 0) is 31.2 Å². The molecule has 0 amide bonds. The molecule has 0 aliphatic rings. The van der Waals surface area contributed by atoms with Gasteiger partial charge >= 0.3 is 0 Å². The number of aryl methyl sites for hydroxylation is 1. The summed E-state index contributed by atoms with van der Waals surface area (Å²) in [5.41, 5.74) is 4.52. The van der Waals surface area contributed by atoms with Gasteiger partial charge in [-0.25, -0.2) is 4.98 Å². The van der Waals surface area contributed by atoms with Crippen LogP contribution in [0.3, 0.4) is 0 Å². The first-order valence-electron chi connectivity index (χ1n) is 7.57. The van der Waals surface area contributed by atoms with E-state index in [-0.39, 0.29) is 11.5 Å². The molecule has 4 aromatic rings. The molecule has 0 saturated heterocycles. The van der Waals surface area contributed by atoms with E-state index in [0.29, 0.717) is 11.3 Å². The number of nitrogens with zero attached hydrogens (tertiary/aromatic N) is 2. The van der Waals surface area contributed by atoms with Gasteiger partial charge in [0.05, 0.1) is 11.2 Å². The number of hydrogen-bond donors (Lipinski definition) is 3. The minimum atomic E-state index is -0.0245. The first-order chi connectivity index (χ1) is 11.6. The Morgan fingerprint density at radius 3 is 2.62 bits per heavy atom. The predicted octanol–water partition coefficient (Wildman–Crippen LogP) is 4.01. The number of H-pyrrole nitrogens is 1. The van der Waals surface area contributed by atoms with Crippen LogP contribution in [0.25, 0.3) is 33.4 Å². The Balaban J connectivity index is 1.93. The molecule has 2 aromatic heterocycles. The summed E-state index contributed by atoms with van der Waals surface area (Å²) in [5, 5.41) is 28.0. The number of phenolic OH excluding ortho intramolecular Hbond substituents is 2. The van der Waals surface area contributed by atoms with Crippen LogP contribution in [-0.2, 0) is 0 Å². The molecule has 5 nitrogen and oxygen atoms in total. The van der Waals surface area contributed by atoms with Crippen LogP contribution >= 0.6 is 0 Å². The first-order valence-corrected chi connectivity index (χ1v) is 7.57. The Morgan fingerprint density at radius 1 is 0.958 bits per heavy atom. The largest absolute Gasteiger partial charge is 0.508 e. The van der Waals surface area contributed by atoms with Gasteiger partial charge in [-0.3, -0.25) is 5.10 Å². The molecule has 3 N–H and O–H groups in total. The fourth-order valence-corrected chi connectivity index (χ4v) is 2.86. The smallest absolute Gasteiger partial charge is 0.128 e. The molecule has 0 fully saturated rings. The number of rotatable bonds is 2. The molecule has 2 aromatic carbocycles. The molecule has 0 atom stereocenters. The molecular weight excluding hydrogens is 302 g/mol. The fraction of sp³-hybridized carbons (Fsp3) is 0.0526. The highest BCUT2D eigenvalue weighted by Crippen LogP contribution is 2.38.